The molecule has 1 aromatic carbocycles. The molecular formula is C18H24O2. The summed E-state index contributed by atoms with van der Waals surface area (Å²) in [6.45, 7) is 7.80. The zero-order valence-corrected chi connectivity index (χ0v) is 12.8. The van der Waals surface area contributed by atoms with E-state index in [-0.39, 0.29) is 6.10 Å². The lowest BCUT2D eigenvalue weighted by molar-refractivity contribution is -0.0941. The second-order valence-corrected chi connectivity index (χ2v) is 6.31. The third-order valence-corrected chi connectivity index (χ3v) is 5.21. The van der Waals surface area contributed by atoms with E-state index in [1.807, 2.05) is 12.1 Å². The van der Waals surface area contributed by atoms with Crippen LogP contribution in [0.3, 0.4) is 0 Å². The van der Waals surface area contributed by atoms with Crippen LogP contribution in [0, 0.1) is 23.7 Å². The van der Waals surface area contributed by atoms with Crippen LogP contribution >= 0.6 is 0 Å². The Balaban J connectivity index is 2.01. The van der Waals surface area contributed by atoms with Crippen molar-refractivity contribution in [3.8, 4) is 5.75 Å². The van der Waals surface area contributed by atoms with Crippen LogP contribution in [-0.2, 0) is 4.74 Å². The molecule has 0 saturated carbocycles. The fraction of sp³-hybridized carbons (Fsp3) is 0.556. The first-order valence-electron chi connectivity index (χ1n) is 7.56. The molecule has 20 heavy (non-hydrogen) atoms. The quantitative estimate of drug-likeness (QED) is 0.750. The maximum atomic E-state index is 6.26. The number of ether oxygens (including phenoxy) is 2. The Bertz CT molecular complexity index is 520. The molecule has 0 unspecified atom stereocenters. The molecule has 0 amide bonds. The molecule has 1 heterocycles. The molecule has 2 nitrogen and oxygen atoms in total. The van der Waals surface area contributed by atoms with Gasteiger partial charge in [0.25, 0.3) is 0 Å². The van der Waals surface area contributed by atoms with E-state index in [9.17, 15) is 0 Å². The van der Waals surface area contributed by atoms with Crippen molar-refractivity contribution >= 4 is 0 Å². The minimum absolute atomic E-state index is 0.126. The second-order valence-electron chi connectivity index (χ2n) is 6.31. The molecule has 5 atom stereocenters. The number of hydrogen-bond acceptors (Lipinski definition) is 2. The first-order chi connectivity index (χ1) is 9.63. The van der Waals surface area contributed by atoms with Crippen LogP contribution in [0.4, 0.5) is 0 Å². The van der Waals surface area contributed by atoms with Gasteiger partial charge < -0.3 is 9.47 Å². The van der Waals surface area contributed by atoms with Crippen LogP contribution in [0.1, 0.15) is 32.4 Å². The summed E-state index contributed by atoms with van der Waals surface area (Å²) >= 11 is 0. The molecular weight excluding hydrogens is 248 g/mol. The Morgan fingerprint density at radius 1 is 1.20 bits per heavy atom. The maximum absolute atomic E-state index is 6.26. The largest absolute Gasteiger partial charge is 0.496 e. The van der Waals surface area contributed by atoms with Crippen LogP contribution in [-0.4, -0.2) is 13.7 Å². The lowest BCUT2D eigenvalue weighted by atomic mass is 9.64. The molecule has 2 aliphatic rings. The minimum atomic E-state index is 0.126. The molecule has 1 aliphatic carbocycles. The molecule has 2 bridgehead atoms. The van der Waals surface area contributed by atoms with Crippen molar-refractivity contribution in [3.63, 3.8) is 0 Å². The highest BCUT2D eigenvalue weighted by molar-refractivity contribution is 5.37. The van der Waals surface area contributed by atoms with Gasteiger partial charge in [-0.3, -0.25) is 0 Å². The SMILES string of the molecule is COc1ccccc1[C@H]1OC[C@H]2[C@@H](C)[C@H]1C(C)=C[C@@H]2C. The van der Waals surface area contributed by atoms with Crippen molar-refractivity contribution in [2.75, 3.05) is 13.7 Å². The van der Waals surface area contributed by atoms with E-state index >= 15 is 0 Å². The van der Waals surface area contributed by atoms with Gasteiger partial charge in [0, 0.05) is 11.5 Å². The molecule has 0 N–H and O–H groups in total. The Morgan fingerprint density at radius 2 is 1.95 bits per heavy atom. The number of hydrogen-bond donors (Lipinski definition) is 0. The molecule has 0 spiro atoms. The molecule has 1 aromatic rings. The average Bonchev–Trinajstić information content (AvgIpc) is 2.44. The molecule has 1 aliphatic heterocycles. The smallest absolute Gasteiger partial charge is 0.124 e. The summed E-state index contributed by atoms with van der Waals surface area (Å²) in [7, 11) is 1.74. The molecule has 108 valence electrons. The van der Waals surface area contributed by atoms with Crippen LogP contribution < -0.4 is 4.74 Å². The van der Waals surface area contributed by atoms with Crippen molar-refractivity contribution in [1.29, 1.82) is 0 Å². The third kappa shape index (κ3) is 2.07. The van der Waals surface area contributed by atoms with Crippen molar-refractivity contribution in [2.45, 2.75) is 26.9 Å². The summed E-state index contributed by atoms with van der Waals surface area (Å²) in [6, 6.07) is 8.26. The summed E-state index contributed by atoms with van der Waals surface area (Å²) in [5.41, 5.74) is 2.66. The topological polar surface area (TPSA) is 18.5 Å². The van der Waals surface area contributed by atoms with E-state index in [4.69, 9.17) is 9.47 Å². The van der Waals surface area contributed by atoms with E-state index < -0.39 is 0 Å². The van der Waals surface area contributed by atoms with Crippen LogP contribution in [0.25, 0.3) is 0 Å². The summed E-state index contributed by atoms with van der Waals surface area (Å²) in [5.74, 6) is 3.35. The van der Waals surface area contributed by atoms with Crippen molar-refractivity contribution in [3.05, 3.63) is 41.5 Å². The van der Waals surface area contributed by atoms with Gasteiger partial charge in [-0.05, 0) is 30.7 Å². The number of para-hydroxylation sites is 1. The standard InChI is InChI=1S/C18H24O2/c1-11-9-12(2)17-13(3)15(11)10-20-18(17)14-7-5-6-8-16(14)19-4/h5-9,11,13,15,17-18H,10H2,1-4H3/t11-,13+,15+,17+,18+/m0/s1. The first kappa shape index (κ1) is 13.7. The number of allylic oxidation sites excluding steroid dienone is 1. The van der Waals surface area contributed by atoms with E-state index in [0.717, 1.165) is 12.4 Å². The zero-order valence-electron chi connectivity index (χ0n) is 12.8. The van der Waals surface area contributed by atoms with Crippen molar-refractivity contribution < 1.29 is 9.47 Å². The van der Waals surface area contributed by atoms with Gasteiger partial charge in [0.1, 0.15) is 5.75 Å². The molecule has 3 rings (SSSR count). The highest BCUT2D eigenvalue weighted by atomic mass is 16.5. The maximum Gasteiger partial charge on any atom is 0.124 e. The van der Waals surface area contributed by atoms with Gasteiger partial charge in [0.2, 0.25) is 0 Å². The van der Waals surface area contributed by atoms with Crippen LogP contribution in [0.5, 0.6) is 5.75 Å². The van der Waals surface area contributed by atoms with Gasteiger partial charge in [0.05, 0.1) is 19.8 Å². The predicted molar refractivity (Wildman–Crippen MR) is 80.8 cm³/mol. The number of benzene rings is 1. The summed E-state index contributed by atoms with van der Waals surface area (Å²) in [5, 5.41) is 0. The summed E-state index contributed by atoms with van der Waals surface area (Å²) in [6.07, 6.45) is 2.57. The van der Waals surface area contributed by atoms with E-state index in [1.54, 1.807) is 7.11 Å². The molecule has 1 saturated heterocycles. The summed E-state index contributed by atoms with van der Waals surface area (Å²) < 4.78 is 11.8. The van der Waals surface area contributed by atoms with Gasteiger partial charge in [-0.15, -0.1) is 0 Å². The van der Waals surface area contributed by atoms with E-state index in [1.165, 1.54) is 11.1 Å². The lowest BCUT2D eigenvalue weighted by Crippen LogP contribution is -2.42. The fourth-order valence-corrected chi connectivity index (χ4v) is 4.13. The Kier molecular flexibility index (Phi) is 3.59. The predicted octanol–water partition coefficient (Wildman–Crippen LogP) is 4.23. The van der Waals surface area contributed by atoms with Gasteiger partial charge in [-0.1, -0.05) is 43.7 Å². The Morgan fingerprint density at radius 3 is 2.70 bits per heavy atom. The van der Waals surface area contributed by atoms with Crippen molar-refractivity contribution in [2.24, 2.45) is 23.7 Å². The van der Waals surface area contributed by atoms with Crippen molar-refractivity contribution in [1.82, 2.24) is 0 Å². The molecule has 0 radical (unpaired) electrons. The Labute approximate surface area is 121 Å². The third-order valence-electron chi connectivity index (χ3n) is 5.21. The highest BCUT2D eigenvalue weighted by Crippen LogP contribution is 2.50. The van der Waals surface area contributed by atoms with Gasteiger partial charge in [-0.2, -0.15) is 0 Å². The fourth-order valence-electron chi connectivity index (χ4n) is 4.13. The van der Waals surface area contributed by atoms with E-state index in [2.05, 4.69) is 39.0 Å². The normalized spacial score (nSPS) is 36.4. The van der Waals surface area contributed by atoms with Crippen LogP contribution in [0.15, 0.2) is 35.9 Å². The zero-order chi connectivity index (χ0) is 14.3. The number of methoxy groups -OCH3 is 1. The minimum Gasteiger partial charge on any atom is -0.496 e. The highest BCUT2D eigenvalue weighted by Gasteiger charge is 2.44. The molecule has 2 heteroatoms. The molecule has 1 fully saturated rings. The molecule has 0 aromatic heterocycles. The van der Waals surface area contributed by atoms with Gasteiger partial charge >= 0.3 is 0 Å². The lowest BCUT2D eigenvalue weighted by Gasteiger charge is -2.47. The Hall–Kier alpha value is -1.28. The monoisotopic (exact) mass is 272 g/mol. The van der Waals surface area contributed by atoms with Gasteiger partial charge in [0.15, 0.2) is 0 Å². The van der Waals surface area contributed by atoms with Gasteiger partial charge in [-0.25, -0.2) is 0 Å². The first-order valence-corrected chi connectivity index (χ1v) is 7.56. The average molecular weight is 272 g/mol. The number of rotatable bonds is 2. The van der Waals surface area contributed by atoms with E-state index in [0.29, 0.717) is 23.7 Å². The van der Waals surface area contributed by atoms with Crippen LogP contribution in [0.2, 0.25) is 0 Å². The second kappa shape index (κ2) is 5.25. The summed E-state index contributed by atoms with van der Waals surface area (Å²) in [4.78, 5) is 0. The number of fused-ring (bicyclic) bond motifs is 2.